The molecule has 0 unspecified atom stereocenters. The molecule has 0 N–H and O–H groups in total. The summed E-state index contributed by atoms with van der Waals surface area (Å²) in [4.78, 5) is 0. The third-order valence-corrected chi connectivity index (χ3v) is 0. The summed E-state index contributed by atoms with van der Waals surface area (Å²) in [5.41, 5.74) is 0. The van der Waals surface area contributed by atoms with Gasteiger partial charge in [0.25, 0.3) is 0 Å². The molecule has 0 saturated heterocycles. The Hall–Kier alpha value is 0.374. The summed E-state index contributed by atoms with van der Waals surface area (Å²) in [5, 5.41) is 0. The second-order valence-corrected chi connectivity index (χ2v) is 0. The maximum absolute atomic E-state index is 0. The molecule has 0 rings (SSSR count). The van der Waals surface area contributed by atoms with Crippen molar-refractivity contribution in [2.75, 3.05) is 0 Å². The van der Waals surface area contributed by atoms with Gasteiger partial charge in [-0.05, 0) is 0 Å². The summed E-state index contributed by atoms with van der Waals surface area (Å²) >= 11 is 0. The molecule has 0 aliphatic rings. The number of hydrogen-bond acceptors (Lipinski definition) is 0. The molecule has 0 radical (unpaired) electrons. The largest absolute Gasteiger partial charge is 4.00 e. The van der Waals surface area contributed by atoms with Gasteiger partial charge in [0.05, 0.1) is 0 Å². The topological polar surface area (TPSA) is 0 Å². The van der Waals surface area contributed by atoms with Crippen LogP contribution in [0.15, 0.2) is 0 Å². The van der Waals surface area contributed by atoms with Gasteiger partial charge < -0.3 is 32.9 Å². The van der Waals surface area contributed by atoms with Crippen LogP contribution in [-0.2, 0) is 0 Å². The monoisotopic (exact) mass is 264 g/mol. The van der Waals surface area contributed by atoms with Gasteiger partial charge in [-0.15, -0.1) is 0 Å². The van der Waals surface area contributed by atoms with E-state index in [1.165, 1.54) is 0 Å². The second kappa shape index (κ2) is 3260. The van der Waals surface area contributed by atoms with Gasteiger partial charge >= 0.3 is 32.3 Å². The molecule has 0 nitrogen and oxygen atoms in total. The predicted molar refractivity (Wildman–Crippen MR) is 11.5 cm³/mol. The SMILES string of the molecule is [B+3].[F-].[F-].[F-].[F-].[F-].[F-].[F-].[Sn+4]. The van der Waals surface area contributed by atoms with Crippen LogP contribution in [0.2, 0.25) is 0 Å². The van der Waals surface area contributed by atoms with Crippen LogP contribution in [0.25, 0.3) is 0 Å². The molecule has 0 amide bonds. The minimum Gasteiger partial charge on any atom is -1.00 e. The van der Waals surface area contributed by atoms with Gasteiger partial charge in [-0.2, -0.15) is 0 Å². The average Bonchev–Trinajstić information content (AvgIpc) is 0. The van der Waals surface area contributed by atoms with Gasteiger partial charge in [-0.1, -0.05) is 0 Å². The first-order valence-corrected chi connectivity index (χ1v) is 0. The van der Waals surface area contributed by atoms with Gasteiger partial charge in [0, 0.05) is 0 Å². The Labute approximate surface area is 65.9 Å². The van der Waals surface area contributed by atoms with Gasteiger partial charge in [0.2, 0.25) is 0 Å². The molecule has 0 aromatic heterocycles. The van der Waals surface area contributed by atoms with E-state index in [2.05, 4.69) is 0 Å². The predicted octanol–water partition coefficient (Wildman–Crippen LogP) is -21.7. The van der Waals surface area contributed by atoms with Crippen LogP contribution in [0.3, 0.4) is 0 Å². The van der Waals surface area contributed by atoms with E-state index in [0.29, 0.717) is 0 Å². The zero-order valence-corrected chi connectivity index (χ0v) is 6.58. The van der Waals surface area contributed by atoms with E-state index < -0.39 is 0 Å². The molecule has 0 aromatic carbocycles. The van der Waals surface area contributed by atoms with Crippen molar-refractivity contribution in [2.45, 2.75) is 0 Å². The van der Waals surface area contributed by atoms with Gasteiger partial charge in [-0.25, -0.2) is 0 Å². The Morgan fingerprint density at radius 1 is 0.333 bits per heavy atom. The molecule has 9 heteroatoms. The van der Waals surface area contributed by atoms with Crippen LogP contribution in [0, 0.1) is 0 Å². The molecule has 0 aliphatic carbocycles. The van der Waals surface area contributed by atoms with Crippen LogP contribution < -0.4 is 32.9 Å². The van der Waals surface area contributed by atoms with Crippen LogP contribution in [0.1, 0.15) is 0 Å². The number of hydrogen-bond donors (Lipinski definition) is 0. The fourth-order valence-electron chi connectivity index (χ4n) is 0. The molecule has 0 fully saturated rings. The van der Waals surface area contributed by atoms with E-state index in [-0.39, 0.29) is 65.3 Å². The molecule has 0 bridgehead atoms. The van der Waals surface area contributed by atoms with Crippen molar-refractivity contribution < 1.29 is 32.9 Å². The fourth-order valence-corrected chi connectivity index (χ4v) is 0. The van der Waals surface area contributed by atoms with E-state index in [0.717, 1.165) is 0 Å². The molecular weight excluding hydrogens is 263 g/mol. The summed E-state index contributed by atoms with van der Waals surface area (Å²) in [6, 6.07) is 0. The smallest absolute Gasteiger partial charge is 1.00 e. The normalized spacial score (nSPS) is 0. The summed E-state index contributed by atoms with van der Waals surface area (Å²) in [6.07, 6.45) is 0. The minimum atomic E-state index is 0. The van der Waals surface area contributed by atoms with E-state index in [1.807, 2.05) is 0 Å². The Kier molecular flexibility index (Phi) is 1710000. The van der Waals surface area contributed by atoms with E-state index in [1.54, 1.807) is 0 Å². The van der Waals surface area contributed by atoms with Crippen LogP contribution in [-0.4, -0.2) is 32.3 Å². The van der Waals surface area contributed by atoms with Crippen molar-refractivity contribution in [2.24, 2.45) is 0 Å². The van der Waals surface area contributed by atoms with Gasteiger partial charge in [0.15, 0.2) is 0 Å². The molecule has 0 heterocycles. The molecule has 56 valence electrons. The van der Waals surface area contributed by atoms with Crippen molar-refractivity contribution in [1.29, 1.82) is 0 Å². The Balaban J connectivity index is 0. The zero-order chi connectivity index (χ0) is 0. The van der Waals surface area contributed by atoms with Crippen LogP contribution >= 0.6 is 0 Å². The first kappa shape index (κ1) is 4710. The summed E-state index contributed by atoms with van der Waals surface area (Å²) < 4.78 is 0. The molecule has 0 spiro atoms. The van der Waals surface area contributed by atoms with Crippen LogP contribution in [0.5, 0.6) is 0 Å². The molecule has 0 saturated carbocycles. The van der Waals surface area contributed by atoms with E-state index in [9.17, 15) is 0 Å². The number of rotatable bonds is 0. The average molecular weight is 263 g/mol. The summed E-state index contributed by atoms with van der Waals surface area (Å²) in [7, 11) is 0. The van der Waals surface area contributed by atoms with Crippen molar-refractivity contribution in [3.8, 4) is 0 Å². The first-order chi connectivity index (χ1) is 0. The molecule has 9 heavy (non-hydrogen) atoms. The Bertz CT molecular complexity index is 8.88. The van der Waals surface area contributed by atoms with Crippen molar-refractivity contribution in [1.82, 2.24) is 0 Å². The summed E-state index contributed by atoms with van der Waals surface area (Å²) in [6.45, 7) is 0. The zero-order valence-electron chi connectivity index (χ0n) is 3.72. The van der Waals surface area contributed by atoms with Crippen molar-refractivity contribution in [3.63, 3.8) is 0 Å². The number of halogens is 7. The molecular formula is BF7Sn. The standard InChI is InChI=1S/B.7FH.Sn/h;7*1H;/q+3;;;;;;;;+4/p-7. The van der Waals surface area contributed by atoms with E-state index >= 15 is 0 Å². The molecule has 0 atom stereocenters. The maximum Gasteiger partial charge on any atom is 4.00 e. The van der Waals surface area contributed by atoms with Gasteiger partial charge in [0.1, 0.15) is 0 Å². The van der Waals surface area contributed by atoms with Crippen LogP contribution in [0.4, 0.5) is 0 Å². The summed E-state index contributed by atoms with van der Waals surface area (Å²) in [5.74, 6) is 0. The molecule has 0 aliphatic heterocycles. The third kappa shape index (κ3) is 2440. The molecule has 0 aromatic rings. The fraction of sp³-hybridized carbons (Fsp3) is 0. The van der Waals surface area contributed by atoms with Gasteiger partial charge in [-0.3, -0.25) is 0 Å². The van der Waals surface area contributed by atoms with Crippen molar-refractivity contribution >= 4 is 32.3 Å². The Morgan fingerprint density at radius 2 is 0.333 bits per heavy atom. The van der Waals surface area contributed by atoms with E-state index in [4.69, 9.17) is 0 Å². The second-order valence-electron chi connectivity index (χ2n) is 0. The first-order valence-electron chi connectivity index (χ1n) is 0. The maximum atomic E-state index is 0. The third-order valence-electron chi connectivity index (χ3n) is 0. The van der Waals surface area contributed by atoms with Crippen molar-refractivity contribution in [3.05, 3.63) is 0 Å². The Morgan fingerprint density at radius 3 is 0.333 bits per heavy atom. The minimum absolute atomic E-state index is 0. The quantitative estimate of drug-likeness (QED) is 0.300.